The van der Waals surface area contributed by atoms with E-state index < -0.39 is 17.0 Å². The molecule has 25 heavy (non-hydrogen) atoms. The van der Waals surface area contributed by atoms with Gasteiger partial charge in [0.25, 0.3) is 0 Å². The Hall–Kier alpha value is -0.720. The van der Waals surface area contributed by atoms with Crippen LogP contribution in [0.5, 0.6) is 0 Å². The number of amides is 1. The van der Waals surface area contributed by atoms with Gasteiger partial charge >= 0.3 is 6.09 Å². The third kappa shape index (κ3) is 6.83. The van der Waals surface area contributed by atoms with Crippen LogP contribution in [0.2, 0.25) is 0 Å². The molecule has 2 atom stereocenters. The summed E-state index contributed by atoms with van der Waals surface area (Å²) in [6, 6.07) is 0.179. The third-order valence-electron chi connectivity index (χ3n) is 4.37. The molecule has 0 aromatic carbocycles. The second kappa shape index (κ2) is 8.78. The van der Waals surface area contributed by atoms with E-state index >= 15 is 0 Å². The zero-order valence-electron chi connectivity index (χ0n) is 17.0. The molecule has 0 aromatic rings. The van der Waals surface area contributed by atoms with Gasteiger partial charge in [-0.3, -0.25) is 0 Å². The molecule has 1 fully saturated rings. The summed E-state index contributed by atoms with van der Waals surface area (Å²) < 4.78 is 20.1. The lowest BCUT2D eigenvalue weighted by Gasteiger charge is -2.41. The maximum Gasteiger partial charge on any atom is 0.410 e. The maximum atomic E-state index is 12.9. The van der Waals surface area contributed by atoms with Gasteiger partial charge in [0.1, 0.15) is 10.3 Å². The van der Waals surface area contributed by atoms with Crippen molar-refractivity contribution in [3.8, 4) is 0 Å². The average molecular weight is 373 g/mol. The van der Waals surface area contributed by atoms with Crippen LogP contribution in [-0.4, -0.2) is 55.9 Å². The van der Waals surface area contributed by atoms with Crippen LogP contribution in [-0.2, 0) is 16.1 Å². The van der Waals surface area contributed by atoms with E-state index in [1.54, 1.807) is 4.90 Å². The Morgan fingerprint density at radius 2 is 1.84 bits per heavy atom. The third-order valence-corrected chi connectivity index (χ3v) is 6.33. The predicted molar refractivity (Wildman–Crippen MR) is 105 cm³/mol. The van der Waals surface area contributed by atoms with Crippen LogP contribution in [0.1, 0.15) is 61.3 Å². The van der Waals surface area contributed by atoms with Crippen LogP contribution in [0.15, 0.2) is 12.7 Å². The van der Waals surface area contributed by atoms with Gasteiger partial charge in [-0.2, -0.15) is 0 Å². The average Bonchev–Trinajstić information content (AvgIpc) is 2.49. The van der Waals surface area contributed by atoms with E-state index in [2.05, 4.69) is 13.5 Å². The summed E-state index contributed by atoms with van der Waals surface area (Å²) in [5, 5.41) is 0. The molecule has 0 saturated carbocycles. The van der Waals surface area contributed by atoms with E-state index in [0.717, 1.165) is 12.8 Å². The van der Waals surface area contributed by atoms with E-state index in [1.165, 1.54) is 0 Å². The molecule has 6 heteroatoms. The van der Waals surface area contributed by atoms with Gasteiger partial charge in [-0.1, -0.05) is 6.08 Å². The molecule has 1 heterocycles. The van der Waals surface area contributed by atoms with Gasteiger partial charge in [0, 0.05) is 24.5 Å². The topological polar surface area (TPSA) is 55.8 Å². The van der Waals surface area contributed by atoms with Crippen LogP contribution < -0.4 is 0 Å². The van der Waals surface area contributed by atoms with Crippen molar-refractivity contribution < 1.29 is 14.1 Å². The van der Waals surface area contributed by atoms with Gasteiger partial charge in [0.2, 0.25) is 0 Å². The Kier molecular flexibility index (Phi) is 7.84. The summed E-state index contributed by atoms with van der Waals surface area (Å²) in [6.07, 6.45) is 3.38. The van der Waals surface area contributed by atoms with Crippen LogP contribution >= 0.6 is 0 Å². The summed E-state index contributed by atoms with van der Waals surface area (Å²) in [6.45, 7) is 19.6. The van der Waals surface area contributed by atoms with E-state index in [0.29, 0.717) is 25.6 Å². The molecule has 0 unspecified atom stereocenters. The SMILES string of the molecule is C=CCN([C@@H](C)C1CCN(C(=O)OC(C)(C)C)CC1)[S@@+]([O-])C(C)(C)C. The molecule has 1 rings (SSSR count). The molecule has 0 spiro atoms. The lowest BCUT2D eigenvalue weighted by Crippen LogP contribution is -2.52. The molecule has 0 radical (unpaired) electrons. The number of likely N-dealkylation sites (tertiary alicyclic amines) is 1. The first kappa shape index (κ1) is 22.3. The number of nitrogens with zero attached hydrogens (tertiary/aromatic N) is 2. The normalized spacial score (nSPS) is 19.6. The monoisotopic (exact) mass is 372 g/mol. The molecular weight excluding hydrogens is 336 g/mol. The summed E-state index contributed by atoms with van der Waals surface area (Å²) >= 11 is -1.08. The number of piperidine rings is 1. The van der Waals surface area contributed by atoms with E-state index in [1.807, 2.05) is 51.9 Å². The van der Waals surface area contributed by atoms with Crippen LogP contribution in [0, 0.1) is 5.92 Å². The van der Waals surface area contributed by atoms with Crippen molar-refractivity contribution in [1.82, 2.24) is 9.21 Å². The summed E-state index contributed by atoms with van der Waals surface area (Å²) in [5.74, 6) is 0.407. The number of hydrogen-bond donors (Lipinski definition) is 0. The highest BCUT2D eigenvalue weighted by atomic mass is 32.2. The van der Waals surface area contributed by atoms with Crippen molar-refractivity contribution >= 4 is 17.5 Å². The van der Waals surface area contributed by atoms with Crippen molar-refractivity contribution in [3.05, 3.63) is 12.7 Å². The fourth-order valence-electron chi connectivity index (χ4n) is 2.99. The fourth-order valence-corrected chi connectivity index (χ4v) is 4.41. The van der Waals surface area contributed by atoms with Gasteiger partial charge in [0.05, 0.1) is 12.6 Å². The van der Waals surface area contributed by atoms with Crippen LogP contribution in [0.4, 0.5) is 4.79 Å². The van der Waals surface area contributed by atoms with Gasteiger partial charge in [0.15, 0.2) is 0 Å². The summed E-state index contributed by atoms with van der Waals surface area (Å²) in [5.41, 5.74) is -0.467. The molecule has 0 aromatic heterocycles. The predicted octanol–water partition coefficient (Wildman–Crippen LogP) is 3.97. The molecule has 0 aliphatic carbocycles. The number of carbonyl (C=O) groups is 1. The zero-order chi connectivity index (χ0) is 19.4. The first-order valence-electron chi connectivity index (χ1n) is 9.14. The lowest BCUT2D eigenvalue weighted by molar-refractivity contribution is 0.0159. The Bertz CT molecular complexity index is 449. The standard InChI is InChI=1S/C19H36N2O3S/c1-9-12-21(25(23)19(6,7)8)15(2)16-10-13-20(14-11-16)17(22)24-18(3,4)5/h9,15-16H,1,10-14H2,2-8H3/t15-,25-/m0/s1. The van der Waals surface area contributed by atoms with E-state index in [-0.39, 0.29) is 16.9 Å². The molecule has 5 nitrogen and oxygen atoms in total. The number of rotatable bonds is 5. The highest BCUT2D eigenvalue weighted by Crippen LogP contribution is 2.30. The fraction of sp³-hybridized carbons (Fsp3) is 0.842. The maximum absolute atomic E-state index is 12.9. The minimum Gasteiger partial charge on any atom is -0.597 e. The second-order valence-electron chi connectivity index (χ2n) is 8.80. The molecule has 1 aliphatic rings. The van der Waals surface area contributed by atoms with Gasteiger partial charge in [-0.05, 0) is 67.2 Å². The molecule has 1 saturated heterocycles. The molecular formula is C19H36N2O3S. The summed E-state index contributed by atoms with van der Waals surface area (Å²) in [7, 11) is 0. The Balaban J connectivity index is 2.67. The quantitative estimate of drug-likeness (QED) is 0.541. The number of carbonyl (C=O) groups excluding carboxylic acids is 1. The number of hydrogen-bond acceptors (Lipinski definition) is 4. The Morgan fingerprint density at radius 1 is 1.32 bits per heavy atom. The summed E-state index contributed by atoms with van der Waals surface area (Å²) in [4.78, 5) is 14.0. The Morgan fingerprint density at radius 3 is 2.24 bits per heavy atom. The number of ether oxygens (including phenoxy) is 1. The van der Waals surface area contributed by atoms with Gasteiger partial charge in [-0.15, -0.1) is 10.9 Å². The smallest absolute Gasteiger partial charge is 0.410 e. The van der Waals surface area contributed by atoms with Crippen molar-refractivity contribution in [1.29, 1.82) is 0 Å². The zero-order valence-corrected chi connectivity index (χ0v) is 17.8. The van der Waals surface area contributed by atoms with Crippen molar-refractivity contribution in [2.75, 3.05) is 19.6 Å². The van der Waals surface area contributed by atoms with Gasteiger partial charge in [-0.25, -0.2) is 4.79 Å². The molecule has 0 N–H and O–H groups in total. The van der Waals surface area contributed by atoms with Gasteiger partial charge < -0.3 is 14.2 Å². The van der Waals surface area contributed by atoms with Crippen molar-refractivity contribution in [2.45, 2.75) is 77.7 Å². The first-order chi connectivity index (χ1) is 11.4. The van der Waals surface area contributed by atoms with Crippen molar-refractivity contribution in [2.24, 2.45) is 5.92 Å². The minimum atomic E-state index is -1.08. The second-order valence-corrected chi connectivity index (χ2v) is 11.0. The van der Waals surface area contributed by atoms with E-state index in [9.17, 15) is 9.35 Å². The minimum absolute atomic E-state index is 0.179. The first-order valence-corrected chi connectivity index (χ1v) is 10.2. The highest BCUT2D eigenvalue weighted by molar-refractivity contribution is 7.90. The molecule has 1 aliphatic heterocycles. The molecule has 0 bridgehead atoms. The van der Waals surface area contributed by atoms with E-state index in [4.69, 9.17) is 4.74 Å². The molecule has 146 valence electrons. The van der Waals surface area contributed by atoms with Crippen molar-refractivity contribution in [3.63, 3.8) is 0 Å². The Labute approximate surface area is 157 Å². The van der Waals surface area contributed by atoms with Crippen LogP contribution in [0.3, 0.4) is 0 Å². The molecule has 1 amide bonds. The van der Waals surface area contributed by atoms with Crippen LogP contribution in [0.25, 0.3) is 0 Å². The lowest BCUT2D eigenvalue weighted by atomic mass is 9.90. The highest BCUT2D eigenvalue weighted by Gasteiger charge is 2.39. The largest absolute Gasteiger partial charge is 0.597 e.